The van der Waals surface area contributed by atoms with Crippen LogP contribution in [0, 0.1) is 17.1 Å². The first-order chi connectivity index (χ1) is 14.2. The van der Waals surface area contributed by atoms with Crippen molar-refractivity contribution in [3.8, 4) is 11.8 Å². The van der Waals surface area contributed by atoms with Gasteiger partial charge in [0.1, 0.15) is 12.4 Å². The molecule has 0 saturated carbocycles. The fraction of sp³-hybridized carbons (Fsp3) is 0.300. The van der Waals surface area contributed by atoms with Gasteiger partial charge in [0.25, 0.3) is 5.56 Å². The van der Waals surface area contributed by atoms with Gasteiger partial charge in [0.15, 0.2) is 0 Å². The minimum atomic E-state index is -4.51. The highest BCUT2D eigenvalue weighted by Crippen LogP contribution is 2.38. The van der Waals surface area contributed by atoms with Crippen LogP contribution in [0.4, 0.5) is 17.6 Å². The second-order valence-electron chi connectivity index (χ2n) is 7.08. The first-order valence-electron chi connectivity index (χ1n) is 9.08. The second kappa shape index (κ2) is 7.09. The molecule has 2 heterocycles. The number of rotatable bonds is 3. The van der Waals surface area contributed by atoms with Crippen molar-refractivity contribution >= 4 is 10.8 Å². The molecule has 0 aliphatic heterocycles. The Kier molecular flexibility index (Phi) is 4.68. The summed E-state index contributed by atoms with van der Waals surface area (Å²) in [6.07, 6.45) is -3.16. The van der Waals surface area contributed by atoms with E-state index in [9.17, 15) is 27.2 Å². The SMILES string of the molecule is N#CCn1c2c(c(=O)n(-c3cncc4cccc(F)c34)c1=O)C(CC(F)(F)F)CC2. The van der Waals surface area contributed by atoms with Crippen molar-refractivity contribution in [3.63, 3.8) is 0 Å². The Balaban J connectivity index is 2.08. The van der Waals surface area contributed by atoms with Crippen LogP contribution in [-0.4, -0.2) is 20.3 Å². The Hall–Kier alpha value is -3.48. The number of nitriles is 1. The van der Waals surface area contributed by atoms with E-state index in [-0.39, 0.29) is 35.2 Å². The molecule has 0 N–H and O–H groups in total. The molecule has 0 amide bonds. The Bertz CT molecular complexity index is 1310. The number of benzene rings is 1. The van der Waals surface area contributed by atoms with E-state index in [0.717, 1.165) is 16.8 Å². The molecular weight excluding hydrogens is 404 g/mol. The van der Waals surface area contributed by atoms with E-state index >= 15 is 0 Å². The fourth-order valence-corrected chi connectivity index (χ4v) is 4.12. The summed E-state index contributed by atoms with van der Waals surface area (Å²) in [7, 11) is 0. The zero-order valence-electron chi connectivity index (χ0n) is 15.4. The van der Waals surface area contributed by atoms with Crippen molar-refractivity contribution in [2.45, 2.75) is 37.9 Å². The predicted molar refractivity (Wildman–Crippen MR) is 98.9 cm³/mol. The Morgan fingerprint density at radius 1 is 1.23 bits per heavy atom. The number of fused-ring (bicyclic) bond motifs is 2. The van der Waals surface area contributed by atoms with E-state index in [4.69, 9.17) is 5.26 Å². The minimum Gasteiger partial charge on any atom is -0.283 e. The van der Waals surface area contributed by atoms with Crippen LogP contribution in [0.2, 0.25) is 0 Å². The lowest BCUT2D eigenvalue weighted by molar-refractivity contribution is -0.138. The van der Waals surface area contributed by atoms with Gasteiger partial charge in [-0.15, -0.1) is 0 Å². The van der Waals surface area contributed by atoms with Gasteiger partial charge in [-0.05, 0) is 18.9 Å². The average Bonchev–Trinajstić information content (AvgIpc) is 3.07. The number of hydrogen-bond acceptors (Lipinski definition) is 4. The molecule has 4 rings (SSSR count). The van der Waals surface area contributed by atoms with Crippen LogP contribution in [0.15, 0.2) is 40.2 Å². The number of halogens is 4. The van der Waals surface area contributed by atoms with Crippen LogP contribution in [0.25, 0.3) is 16.5 Å². The molecule has 2 aromatic heterocycles. The molecule has 154 valence electrons. The van der Waals surface area contributed by atoms with Gasteiger partial charge in [-0.3, -0.25) is 14.3 Å². The normalized spacial score (nSPS) is 15.9. The standard InChI is InChI=1S/C20H14F4N4O2/c21-13-3-1-2-12-9-26-10-15(16(12)13)28-18(29)17-11(8-20(22,23)24)4-5-14(17)27(7-6-25)19(28)30/h1-3,9-11H,4-5,7-8H2. The Morgan fingerprint density at radius 3 is 2.70 bits per heavy atom. The van der Waals surface area contributed by atoms with Crippen LogP contribution in [0.3, 0.4) is 0 Å². The molecule has 0 bridgehead atoms. The molecule has 0 saturated heterocycles. The highest BCUT2D eigenvalue weighted by Gasteiger charge is 2.39. The van der Waals surface area contributed by atoms with Gasteiger partial charge in [-0.2, -0.15) is 18.4 Å². The minimum absolute atomic E-state index is 0.0289. The first kappa shape index (κ1) is 19.8. The third-order valence-electron chi connectivity index (χ3n) is 5.29. The van der Waals surface area contributed by atoms with Crippen molar-refractivity contribution < 1.29 is 17.6 Å². The summed E-state index contributed by atoms with van der Waals surface area (Å²) < 4.78 is 55.4. The summed E-state index contributed by atoms with van der Waals surface area (Å²) in [5, 5.41) is 9.39. The van der Waals surface area contributed by atoms with Gasteiger partial charge in [0.05, 0.1) is 24.4 Å². The van der Waals surface area contributed by atoms with E-state index in [1.54, 1.807) is 6.07 Å². The van der Waals surface area contributed by atoms with Crippen molar-refractivity contribution in [1.29, 1.82) is 5.26 Å². The number of hydrogen-bond donors (Lipinski definition) is 0. The molecule has 0 spiro atoms. The molecule has 0 radical (unpaired) electrons. The molecule has 1 aromatic carbocycles. The third kappa shape index (κ3) is 3.16. The van der Waals surface area contributed by atoms with Crippen molar-refractivity contribution in [2.75, 3.05) is 0 Å². The van der Waals surface area contributed by atoms with Gasteiger partial charge in [0.2, 0.25) is 0 Å². The van der Waals surface area contributed by atoms with Gasteiger partial charge >= 0.3 is 11.9 Å². The molecule has 1 unspecified atom stereocenters. The first-order valence-corrected chi connectivity index (χ1v) is 9.08. The van der Waals surface area contributed by atoms with E-state index < -0.39 is 42.1 Å². The highest BCUT2D eigenvalue weighted by atomic mass is 19.4. The summed E-state index contributed by atoms with van der Waals surface area (Å²) in [6.45, 7) is -0.444. The summed E-state index contributed by atoms with van der Waals surface area (Å²) in [6, 6.07) is 5.91. The second-order valence-corrected chi connectivity index (χ2v) is 7.08. The predicted octanol–water partition coefficient (Wildman–Crippen LogP) is 3.19. The van der Waals surface area contributed by atoms with Crippen LogP contribution in [0.5, 0.6) is 0 Å². The summed E-state index contributed by atoms with van der Waals surface area (Å²) in [4.78, 5) is 30.3. The van der Waals surface area contributed by atoms with Crippen molar-refractivity contribution in [3.05, 3.63) is 68.5 Å². The fourth-order valence-electron chi connectivity index (χ4n) is 4.12. The monoisotopic (exact) mass is 418 g/mol. The highest BCUT2D eigenvalue weighted by molar-refractivity contribution is 5.89. The van der Waals surface area contributed by atoms with Crippen LogP contribution in [-0.2, 0) is 13.0 Å². The van der Waals surface area contributed by atoms with E-state index in [0.29, 0.717) is 9.95 Å². The zero-order chi connectivity index (χ0) is 21.6. The van der Waals surface area contributed by atoms with Gasteiger partial charge in [-0.1, -0.05) is 12.1 Å². The summed E-state index contributed by atoms with van der Waals surface area (Å²) in [5.41, 5.74) is -2.05. The molecule has 3 aromatic rings. The molecule has 6 nitrogen and oxygen atoms in total. The zero-order valence-corrected chi connectivity index (χ0v) is 15.4. The van der Waals surface area contributed by atoms with E-state index in [2.05, 4.69) is 4.98 Å². The third-order valence-corrected chi connectivity index (χ3v) is 5.29. The van der Waals surface area contributed by atoms with Crippen molar-refractivity contribution in [1.82, 2.24) is 14.1 Å². The maximum atomic E-state index is 14.6. The van der Waals surface area contributed by atoms with Crippen LogP contribution in [0.1, 0.15) is 30.0 Å². The van der Waals surface area contributed by atoms with E-state index in [1.165, 1.54) is 18.3 Å². The molecule has 1 aliphatic carbocycles. The molecule has 0 fully saturated rings. The van der Waals surface area contributed by atoms with Gasteiger partial charge < -0.3 is 0 Å². The Labute approximate surface area is 166 Å². The maximum Gasteiger partial charge on any atom is 0.389 e. The summed E-state index contributed by atoms with van der Waals surface area (Å²) in [5.74, 6) is -1.85. The smallest absolute Gasteiger partial charge is 0.283 e. The maximum absolute atomic E-state index is 14.6. The lowest BCUT2D eigenvalue weighted by Gasteiger charge is -2.18. The molecule has 1 atom stereocenters. The molecule has 10 heteroatoms. The van der Waals surface area contributed by atoms with Crippen LogP contribution >= 0.6 is 0 Å². The quantitative estimate of drug-likeness (QED) is 0.612. The average molecular weight is 418 g/mol. The Morgan fingerprint density at radius 2 is 2.00 bits per heavy atom. The molecular formula is C20H14F4N4O2. The van der Waals surface area contributed by atoms with Crippen molar-refractivity contribution in [2.24, 2.45) is 0 Å². The lowest BCUT2D eigenvalue weighted by atomic mass is 9.99. The number of nitrogens with zero attached hydrogens (tertiary/aromatic N) is 4. The van der Waals surface area contributed by atoms with Gasteiger partial charge in [-0.25, -0.2) is 13.8 Å². The largest absolute Gasteiger partial charge is 0.389 e. The van der Waals surface area contributed by atoms with Gasteiger partial charge in [0, 0.05) is 34.1 Å². The molecule has 30 heavy (non-hydrogen) atoms. The number of pyridine rings is 1. The summed E-state index contributed by atoms with van der Waals surface area (Å²) >= 11 is 0. The number of alkyl halides is 3. The molecule has 1 aliphatic rings. The van der Waals surface area contributed by atoms with E-state index in [1.807, 2.05) is 0 Å². The topological polar surface area (TPSA) is 80.7 Å². The lowest BCUT2D eigenvalue weighted by Crippen LogP contribution is -2.42. The number of aromatic nitrogens is 3. The van der Waals surface area contributed by atoms with Crippen LogP contribution < -0.4 is 11.2 Å².